The van der Waals surface area contributed by atoms with Crippen molar-refractivity contribution in [2.75, 3.05) is 25.1 Å². The first-order valence-corrected chi connectivity index (χ1v) is 5.31. The minimum Gasteiger partial charge on any atom is -0.495 e. The number of amides is 1. The lowest BCUT2D eigenvalue weighted by Crippen LogP contribution is -2.34. The van der Waals surface area contributed by atoms with Crippen LogP contribution in [0.3, 0.4) is 0 Å². The molecular formula is C12H10N2O3. The van der Waals surface area contributed by atoms with Gasteiger partial charge in [0.25, 0.3) is 0 Å². The van der Waals surface area contributed by atoms with E-state index in [4.69, 9.17) is 4.74 Å². The summed E-state index contributed by atoms with van der Waals surface area (Å²) in [6.45, 7) is 1.97. The van der Waals surface area contributed by atoms with Crippen LogP contribution in [0, 0.1) is 0 Å². The predicted molar refractivity (Wildman–Crippen MR) is 60.5 cm³/mol. The Morgan fingerprint density at radius 1 is 1.29 bits per heavy atom. The number of ether oxygens (including phenoxy) is 1. The second-order valence-electron chi connectivity index (χ2n) is 4.00. The van der Waals surface area contributed by atoms with Crippen LogP contribution in [-0.2, 0) is 9.59 Å². The normalized spacial score (nSPS) is 17.1. The lowest BCUT2D eigenvalue weighted by atomic mass is 10.1. The molecule has 1 aromatic carbocycles. The standard InChI is InChI=1S/C12H10N2O3/c1-17-11-6-8-7(4-9(11)14-2-3-14)5-10(15)12(16)13-8/h4-6H,2-3H2,1H3. The Balaban J connectivity index is 2.28. The lowest BCUT2D eigenvalue weighted by molar-refractivity contribution is -0.132. The summed E-state index contributed by atoms with van der Waals surface area (Å²) in [5.74, 6) is -0.612. The molecule has 5 heteroatoms. The summed E-state index contributed by atoms with van der Waals surface area (Å²) in [4.78, 5) is 28.3. The highest BCUT2D eigenvalue weighted by molar-refractivity contribution is 6.48. The third kappa shape index (κ3) is 1.60. The minimum absolute atomic E-state index is 0.497. The summed E-state index contributed by atoms with van der Waals surface area (Å²) in [7, 11) is 1.58. The van der Waals surface area contributed by atoms with Gasteiger partial charge in [-0.3, -0.25) is 9.59 Å². The molecule has 0 aliphatic carbocycles. The highest BCUT2D eigenvalue weighted by Gasteiger charge is 2.23. The van der Waals surface area contributed by atoms with E-state index >= 15 is 0 Å². The number of carbonyl (C=O) groups excluding carboxylic acids is 2. The van der Waals surface area contributed by atoms with Crippen LogP contribution in [0.15, 0.2) is 17.1 Å². The first-order valence-electron chi connectivity index (χ1n) is 5.31. The predicted octanol–water partition coefficient (Wildman–Crippen LogP) is -0.975. The lowest BCUT2D eigenvalue weighted by Gasteiger charge is -2.10. The summed E-state index contributed by atoms with van der Waals surface area (Å²) in [5.41, 5.74) is 0.944. The van der Waals surface area contributed by atoms with Crippen molar-refractivity contribution in [3.05, 3.63) is 22.7 Å². The third-order valence-electron chi connectivity index (χ3n) is 2.84. The molecule has 86 valence electrons. The van der Waals surface area contributed by atoms with Crippen LogP contribution in [0.2, 0.25) is 0 Å². The molecule has 1 aromatic rings. The van der Waals surface area contributed by atoms with Crippen LogP contribution < -0.4 is 20.2 Å². The van der Waals surface area contributed by atoms with Gasteiger partial charge in [-0.25, -0.2) is 4.99 Å². The molecule has 0 unspecified atom stereocenters. The summed E-state index contributed by atoms with van der Waals surface area (Å²) >= 11 is 0. The van der Waals surface area contributed by atoms with E-state index in [1.807, 2.05) is 6.07 Å². The van der Waals surface area contributed by atoms with Gasteiger partial charge >= 0.3 is 5.91 Å². The quantitative estimate of drug-likeness (QED) is 0.484. The number of rotatable bonds is 2. The van der Waals surface area contributed by atoms with Gasteiger partial charge in [-0.05, 0) is 6.07 Å². The molecule has 5 nitrogen and oxygen atoms in total. The smallest absolute Gasteiger partial charge is 0.317 e. The van der Waals surface area contributed by atoms with Crippen molar-refractivity contribution >= 4 is 23.5 Å². The second-order valence-corrected chi connectivity index (χ2v) is 4.00. The topological polar surface area (TPSA) is 58.7 Å². The van der Waals surface area contributed by atoms with Crippen LogP contribution in [-0.4, -0.2) is 31.9 Å². The number of fused-ring (bicyclic) bond motifs is 1. The minimum atomic E-state index is -0.723. The Morgan fingerprint density at radius 3 is 2.71 bits per heavy atom. The molecule has 2 aliphatic heterocycles. The Bertz CT molecular complexity index is 644. The van der Waals surface area contributed by atoms with Crippen molar-refractivity contribution in [3.63, 3.8) is 0 Å². The summed E-state index contributed by atoms with van der Waals surface area (Å²) < 4.78 is 5.26. The van der Waals surface area contributed by atoms with Gasteiger partial charge in [0.15, 0.2) is 0 Å². The Hall–Kier alpha value is -2.17. The average Bonchev–Trinajstić information content (AvgIpc) is 3.13. The van der Waals surface area contributed by atoms with Gasteiger partial charge in [0.2, 0.25) is 5.78 Å². The van der Waals surface area contributed by atoms with Gasteiger partial charge in [-0.1, -0.05) is 0 Å². The monoisotopic (exact) mass is 230 g/mol. The Kier molecular flexibility index (Phi) is 2.01. The zero-order valence-electron chi connectivity index (χ0n) is 9.27. The van der Waals surface area contributed by atoms with E-state index in [-0.39, 0.29) is 0 Å². The SMILES string of the molecule is COc1cc2c(cc1N1CC1)=CC(=O)C(=O)N=2. The molecule has 1 fully saturated rings. The van der Waals surface area contributed by atoms with Gasteiger partial charge in [0.1, 0.15) is 5.75 Å². The summed E-state index contributed by atoms with van der Waals surface area (Å²) in [6.07, 6.45) is 1.33. The van der Waals surface area contributed by atoms with E-state index in [0.717, 1.165) is 18.8 Å². The number of hydrogen-bond donors (Lipinski definition) is 0. The molecule has 0 spiro atoms. The van der Waals surface area contributed by atoms with Gasteiger partial charge in [0, 0.05) is 30.5 Å². The molecule has 1 amide bonds. The van der Waals surface area contributed by atoms with E-state index in [1.54, 1.807) is 13.2 Å². The molecule has 0 atom stereocenters. The number of ketones is 1. The largest absolute Gasteiger partial charge is 0.495 e. The zero-order valence-corrected chi connectivity index (χ0v) is 9.27. The van der Waals surface area contributed by atoms with Crippen molar-refractivity contribution in [2.45, 2.75) is 0 Å². The third-order valence-corrected chi connectivity index (χ3v) is 2.84. The maximum Gasteiger partial charge on any atom is 0.317 e. The Labute approximate surface area is 97.0 Å². The number of benzene rings is 1. The molecule has 0 radical (unpaired) electrons. The van der Waals surface area contributed by atoms with E-state index in [2.05, 4.69) is 9.89 Å². The van der Waals surface area contributed by atoms with Gasteiger partial charge < -0.3 is 9.64 Å². The summed E-state index contributed by atoms with van der Waals surface area (Å²) in [6, 6.07) is 3.54. The first kappa shape index (κ1) is 10.0. The highest BCUT2D eigenvalue weighted by atomic mass is 16.5. The molecule has 0 bridgehead atoms. The van der Waals surface area contributed by atoms with Crippen LogP contribution in [0.1, 0.15) is 0 Å². The maximum absolute atomic E-state index is 11.3. The van der Waals surface area contributed by atoms with Crippen molar-refractivity contribution in [1.29, 1.82) is 0 Å². The maximum atomic E-state index is 11.3. The zero-order chi connectivity index (χ0) is 12.0. The number of hydrogen-bond acceptors (Lipinski definition) is 4. The van der Waals surface area contributed by atoms with E-state index in [9.17, 15) is 9.59 Å². The molecule has 0 N–H and O–H groups in total. The number of nitrogens with zero attached hydrogens (tertiary/aromatic N) is 2. The molecule has 2 aliphatic rings. The van der Waals surface area contributed by atoms with Crippen LogP contribution in [0.5, 0.6) is 5.75 Å². The fourth-order valence-electron chi connectivity index (χ4n) is 1.86. The highest BCUT2D eigenvalue weighted by Crippen LogP contribution is 2.29. The van der Waals surface area contributed by atoms with Crippen LogP contribution >= 0.6 is 0 Å². The number of anilines is 1. The van der Waals surface area contributed by atoms with Crippen molar-refractivity contribution in [3.8, 4) is 5.75 Å². The van der Waals surface area contributed by atoms with Crippen molar-refractivity contribution in [2.24, 2.45) is 4.99 Å². The Morgan fingerprint density at radius 2 is 2.06 bits per heavy atom. The molecule has 1 saturated heterocycles. The van der Waals surface area contributed by atoms with Crippen molar-refractivity contribution in [1.82, 2.24) is 0 Å². The van der Waals surface area contributed by atoms with Crippen LogP contribution in [0.25, 0.3) is 6.08 Å². The molecule has 3 rings (SSSR count). The number of carbonyl (C=O) groups is 2. The fourth-order valence-corrected chi connectivity index (χ4v) is 1.86. The molecule has 0 aromatic heterocycles. The first-order chi connectivity index (χ1) is 8.19. The molecular weight excluding hydrogens is 220 g/mol. The van der Waals surface area contributed by atoms with Gasteiger partial charge in [-0.15, -0.1) is 0 Å². The van der Waals surface area contributed by atoms with Gasteiger partial charge in [0.05, 0.1) is 18.2 Å². The van der Waals surface area contributed by atoms with Gasteiger partial charge in [-0.2, -0.15) is 0 Å². The van der Waals surface area contributed by atoms with E-state index in [0.29, 0.717) is 16.3 Å². The second kappa shape index (κ2) is 3.41. The number of methoxy groups -OCH3 is 1. The van der Waals surface area contributed by atoms with Crippen molar-refractivity contribution < 1.29 is 14.3 Å². The average molecular weight is 230 g/mol. The molecule has 0 saturated carbocycles. The van der Waals surface area contributed by atoms with E-state index in [1.165, 1.54) is 6.08 Å². The van der Waals surface area contributed by atoms with E-state index < -0.39 is 11.7 Å². The molecule has 2 heterocycles. The molecule has 17 heavy (non-hydrogen) atoms. The number of Topliss-reactive ketones (excluding diaryl/α,β-unsaturated/α-hetero) is 1. The summed E-state index contributed by atoms with van der Waals surface area (Å²) in [5, 5.41) is 1.18. The van der Waals surface area contributed by atoms with Crippen LogP contribution in [0.4, 0.5) is 5.69 Å². The fraction of sp³-hybridized carbons (Fsp3) is 0.250.